The van der Waals surface area contributed by atoms with Gasteiger partial charge in [-0.15, -0.1) is 0 Å². The Bertz CT molecular complexity index is 1440. The molecule has 0 N–H and O–H groups in total. The molecule has 0 aliphatic rings. The van der Waals surface area contributed by atoms with Gasteiger partial charge in [-0.05, 0) is 64.0 Å². The van der Waals surface area contributed by atoms with E-state index in [1.165, 1.54) is 16.2 Å². The Morgan fingerprint density at radius 2 is 0.724 bits per heavy atom. The van der Waals surface area contributed by atoms with E-state index in [0.29, 0.717) is 0 Å². The second kappa shape index (κ2) is 158. The number of hydrogen-bond acceptors (Lipinski definition) is 6. The molecule has 0 fully saturated rings. The van der Waals surface area contributed by atoms with Gasteiger partial charge in [-0.25, -0.2) is 4.98 Å². The van der Waals surface area contributed by atoms with Gasteiger partial charge in [-0.2, -0.15) is 11.3 Å². The van der Waals surface area contributed by atoms with E-state index in [1.54, 1.807) is 48.8 Å². The summed E-state index contributed by atoms with van der Waals surface area (Å²) in [7, 11) is 1.94. The molecule has 0 bridgehead atoms. The first kappa shape index (κ1) is 142. The first-order valence-corrected chi connectivity index (χ1v) is 25.1. The van der Waals surface area contributed by atoms with Gasteiger partial charge < -0.3 is 53.5 Å². The van der Waals surface area contributed by atoms with Crippen molar-refractivity contribution in [2.75, 3.05) is 0 Å². The van der Waals surface area contributed by atoms with Gasteiger partial charge >= 0.3 is 0 Å². The number of imidazole rings is 1. The summed E-state index contributed by atoms with van der Waals surface area (Å²) in [6.07, 6.45) is 17.6. The largest absolute Gasteiger partial charge is 0.473 e. The molecule has 8 aromatic rings. The van der Waals surface area contributed by atoms with E-state index in [1.807, 2.05) is 284 Å². The van der Waals surface area contributed by atoms with E-state index >= 15 is 0 Å². The van der Waals surface area contributed by atoms with E-state index in [9.17, 15) is 0 Å². The third-order valence-corrected chi connectivity index (χ3v) is 5.74. The van der Waals surface area contributed by atoms with E-state index < -0.39 is 0 Å². The quantitative estimate of drug-likeness (QED) is 0.142. The van der Waals surface area contributed by atoms with Crippen molar-refractivity contribution >= 4 is 33.0 Å². The Hall–Kier alpha value is 1.22. The summed E-state index contributed by atoms with van der Waals surface area (Å²) in [5, 5.41) is 7.73. The average Bonchev–Trinajstić information content (AvgIpc) is 4.31. The minimum atomic E-state index is 0. The zero-order valence-corrected chi connectivity index (χ0v) is 72.7. The SMILES string of the molecule is CC.CC.CC.CC.CC.CC.CC.CC.CC.CC.CC.Cn1ccnc1.[CH3-].[CH3-].[CH3-].[CH3-].[CH3-].[CH3-].[Y].[Y].[Y].[Y].[Y].[Y].c1ccc2cnccc2c1.c1ccc2ncccc2c1.c1ccncc1.c1ccoc1.c1ccsc1. The molecule has 430 valence electrons. The molecule has 0 unspecified atom stereocenters. The van der Waals surface area contributed by atoms with Crippen LogP contribution >= 0.6 is 11.3 Å². The Labute approximate surface area is 634 Å². The number of pyridine rings is 3. The van der Waals surface area contributed by atoms with Crippen molar-refractivity contribution in [2.24, 2.45) is 7.05 Å². The fourth-order valence-corrected chi connectivity index (χ4v) is 3.59. The second-order valence-corrected chi connectivity index (χ2v) is 9.07. The summed E-state index contributed by atoms with van der Waals surface area (Å²) >= 11 is 1.71. The van der Waals surface area contributed by atoms with Crippen LogP contribution < -0.4 is 0 Å². The van der Waals surface area contributed by atoms with Crippen molar-refractivity contribution in [1.82, 2.24) is 24.5 Å². The monoisotopic (exact) mass is 1530 g/mol. The van der Waals surface area contributed by atoms with Crippen molar-refractivity contribution in [3.8, 4) is 0 Å². The van der Waals surface area contributed by atoms with E-state index in [0.717, 1.165) is 5.52 Å². The fraction of sp³-hybridized carbons (Fsp3) is 0.365. The van der Waals surface area contributed by atoms with Gasteiger partial charge in [0, 0.05) is 252 Å². The van der Waals surface area contributed by atoms with Crippen molar-refractivity contribution < 1.29 is 201 Å². The number of aromatic nitrogens is 5. The summed E-state index contributed by atoms with van der Waals surface area (Å²) in [5.41, 5.74) is 1.06. The van der Waals surface area contributed by atoms with Gasteiger partial charge in [0.05, 0.1) is 24.4 Å². The number of furan rings is 1. The average molecular weight is 1530 g/mol. The standard InChI is InChI=1S/2C9H7N.C5H5N.C4H6N2.C4H4O.C4H4S.11C2H6.6CH3.6Y/c1-2-6-9-8(4-1)5-3-7-10-9;1-2-4-9-7-10-6-5-8(9)3-1;1-2-4-6-5-3-1;1-6-3-2-5-4-6;2*1-2-4-5-3-1;11*1-2;;;;;;;;;;;;/h2*1-7H;1-5H;2-4H,1H3;2*1-4H;11*1-2H3;6*1H3;;;;;;/q;;;;;;;;;;;;;;;;;6*-1;;;;;;. The topological polar surface area (TPSA) is 69.6 Å². The van der Waals surface area contributed by atoms with Crippen LogP contribution in [0.4, 0.5) is 0 Å². The molecule has 6 nitrogen and oxygen atoms in total. The summed E-state index contributed by atoms with van der Waals surface area (Å²) in [5.74, 6) is 0. The molecule has 6 radical (unpaired) electrons. The molecule has 0 aliphatic carbocycles. The van der Waals surface area contributed by atoms with Gasteiger partial charge in [0.1, 0.15) is 0 Å². The van der Waals surface area contributed by atoms with Crippen LogP contribution in [0.1, 0.15) is 152 Å². The molecule has 0 spiro atoms. The molecule has 2 aromatic carbocycles. The molecule has 0 amide bonds. The summed E-state index contributed by atoms with van der Waals surface area (Å²) in [6.45, 7) is 44.0. The van der Waals surface area contributed by atoms with Crippen molar-refractivity contribution in [3.63, 3.8) is 0 Å². The van der Waals surface area contributed by atoms with Crippen molar-refractivity contribution in [1.29, 1.82) is 0 Å². The van der Waals surface area contributed by atoms with Crippen LogP contribution in [0.15, 0.2) is 187 Å². The fourth-order valence-electron chi connectivity index (χ4n) is 3.13. The normalized spacial score (nSPS) is 5.88. The summed E-state index contributed by atoms with van der Waals surface area (Å²) < 4.78 is 6.47. The Balaban J connectivity index is -0.0000000230. The molecule has 0 aliphatic heterocycles. The zero-order chi connectivity index (χ0) is 51.3. The summed E-state index contributed by atoms with van der Waals surface area (Å²) in [6, 6.07) is 35.7. The first-order chi connectivity index (χ1) is 31.8. The van der Waals surface area contributed by atoms with E-state index in [4.69, 9.17) is 0 Å². The molecule has 0 atom stereocenters. The Morgan fingerprint density at radius 1 is 0.342 bits per heavy atom. The van der Waals surface area contributed by atoms with Crippen molar-refractivity contribution in [2.45, 2.75) is 152 Å². The third kappa shape index (κ3) is 114. The van der Waals surface area contributed by atoms with E-state index in [2.05, 4.69) is 48.6 Å². The molecule has 6 aromatic heterocycles. The van der Waals surface area contributed by atoms with Gasteiger partial charge in [0.25, 0.3) is 0 Å². The molecule has 6 heterocycles. The molecule has 8 rings (SSSR count). The summed E-state index contributed by atoms with van der Waals surface area (Å²) in [4.78, 5) is 15.8. The molecule has 0 saturated carbocycles. The smallest absolute Gasteiger partial charge is 0.0943 e. The predicted molar refractivity (Wildman–Crippen MR) is 337 cm³/mol. The first-order valence-electron chi connectivity index (χ1n) is 24.1. The molecule has 0 saturated heterocycles. The van der Waals surface area contributed by atoms with Crippen LogP contribution in [0, 0.1) is 44.6 Å². The number of nitrogens with zero attached hydrogens (tertiary/aromatic N) is 5. The van der Waals surface area contributed by atoms with Gasteiger partial charge in [-0.3, -0.25) is 15.0 Å². The van der Waals surface area contributed by atoms with Crippen LogP contribution in [-0.4, -0.2) is 24.5 Å². The molecular formula is C63H117N5OSY6-6. The molecule has 13 heteroatoms. The number of aryl methyl sites for hydroxylation is 1. The maximum Gasteiger partial charge on any atom is 0.0943 e. The predicted octanol–water partition coefficient (Wildman–Crippen LogP) is 23.0. The molecular weight excluding hydrogens is 1410 g/mol. The minimum Gasteiger partial charge on any atom is -0.473 e. The number of para-hydroxylation sites is 1. The van der Waals surface area contributed by atoms with Crippen LogP contribution in [0.2, 0.25) is 0 Å². The number of fused-ring (bicyclic) bond motifs is 2. The van der Waals surface area contributed by atoms with Crippen LogP contribution in [-0.2, 0) is 203 Å². The van der Waals surface area contributed by atoms with Crippen LogP contribution in [0.5, 0.6) is 0 Å². The van der Waals surface area contributed by atoms with Crippen LogP contribution in [0.25, 0.3) is 21.7 Å². The Kier molecular flexibility index (Phi) is 295. The van der Waals surface area contributed by atoms with Gasteiger partial charge in [-0.1, -0.05) is 219 Å². The molecule has 76 heavy (non-hydrogen) atoms. The van der Waals surface area contributed by atoms with E-state index in [-0.39, 0.29) is 241 Å². The van der Waals surface area contributed by atoms with Gasteiger partial charge in [0.15, 0.2) is 0 Å². The van der Waals surface area contributed by atoms with Crippen LogP contribution in [0.3, 0.4) is 0 Å². The number of benzene rings is 2. The Morgan fingerprint density at radius 3 is 0.987 bits per heavy atom. The number of thiophene rings is 1. The third-order valence-electron chi connectivity index (χ3n) is 5.12. The minimum absolute atomic E-state index is 0. The van der Waals surface area contributed by atoms with Gasteiger partial charge in [0.2, 0.25) is 0 Å². The maximum atomic E-state index is 4.58. The second-order valence-electron chi connectivity index (χ2n) is 8.26. The maximum absolute atomic E-state index is 4.58. The number of hydrogen-bond donors (Lipinski definition) is 0. The number of rotatable bonds is 0. The van der Waals surface area contributed by atoms with Crippen molar-refractivity contribution in [3.05, 3.63) is 227 Å². The zero-order valence-electron chi connectivity index (χ0n) is 54.8.